The zero-order chi connectivity index (χ0) is 22.7. The van der Waals surface area contributed by atoms with E-state index >= 15 is 0 Å². The molecule has 5 heteroatoms. The van der Waals surface area contributed by atoms with Crippen molar-refractivity contribution in [3.05, 3.63) is 106 Å². The standard InChI is InChI=1S/C27H22ClN3O/c1-18-7-12-24(13-19(18)2)30-27(32)21(15-29)14-22-17-31(26-6-4-3-5-25(22)26)16-20-8-10-23(28)11-9-20/h3-14,17H,16H2,1-2H3,(H,30,32)/b21-14-. The number of aromatic nitrogens is 1. The first-order valence-electron chi connectivity index (χ1n) is 10.3. The van der Waals surface area contributed by atoms with Crippen LogP contribution in [0.4, 0.5) is 5.69 Å². The van der Waals surface area contributed by atoms with Crippen LogP contribution in [0.1, 0.15) is 22.3 Å². The number of nitrogens with zero attached hydrogens (tertiary/aromatic N) is 2. The van der Waals surface area contributed by atoms with Crippen LogP contribution in [0.5, 0.6) is 0 Å². The van der Waals surface area contributed by atoms with Gasteiger partial charge in [-0.2, -0.15) is 5.26 Å². The van der Waals surface area contributed by atoms with Gasteiger partial charge in [-0.3, -0.25) is 4.79 Å². The number of anilines is 1. The highest BCUT2D eigenvalue weighted by atomic mass is 35.5. The average Bonchev–Trinajstić information content (AvgIpc) is 3.13. The van der Waals surface area contributed by atoms with Crippen LogP contribution >= 0.6 is 11.6 Å². The summed E-state index contributed by atoms with van der Waals surface area (Å²) < 4.78 is 2.11. The maximum absolute atomic E-state index is 12.8. The summed E-state index contributed by atoms with van der Waals surface area (Å²) in [5, 5.41) is 14.2. The van der Waals surface area contributed by atoms with Crippen molar-refractivity contribution >= 4 is 40.2 Å². The lowest BCUT2D eigenvalue weighted by Crippen LogP contribution is -2.13. The molecule has 32 heavy (non-hydrogen) atoms. The number of aryl methyl sites for hydroxylation is 2. The zero-order valence-electron chi connectivity index (χ0n) is 17.9. The molecule has 4 nitrogen and oxygen atoms in total. The molecule has 4 aromatic rings. The van der Waals surface area contributed by atoms with Gasteiger partial charge in [0.05, 0.1) is 0 Å². The summed E-state index contributed by atoms with van der Waals surface area (Å²) in [7, 11) is 0. The van der Waals surface area contributed by atoms with E-state index in [2.05, 4.69) is 16.0 Å². The first-order chi connectivity index (χ1) is 15.4. The smallest absolute Gasteiger partial charge is 0.266 e. The predicted octanol–water partition coefficient (Wildman–Crippen LogP) is 6.51. The topological polar surface area (TPSA) is 57.8 Å². The minimum absolute atomic E-state index is 0.0534. The monoisotopic (exact) mass is 439 g/mol. The van der Waals surface area contributed by atoms with Crippen molar-refractivity contribution in [2.24, 2.45) is 0 Å². The molecule has 0 atom stereocenters. The number of nitriles is 1. The highest BCUT2D eigenvalue weighted by Crippen LogP contribution is 2.25. The van der Waals surface area contributed by atoms with Crippen molar-refractivity contribution in [2.75, 3.05) is 5.32 Å². The molecule has 0 radical (unpaired) electrons. The average molecular weight is 440 g/mol. The number of carbonyl (C=O) groups excluding carboxylic acids is 1. The molecule has 0 saturated carbocycles. The van der Waals surface area contributed by atoms with Gasteiger partial charge in [0.2, 0.25) is 0 Å². The van der Waals surface area contributed by atoms with E-state index in [4.69, 9.17) is 11.6 Å². The van der Waals surface area contributed by atoms with Crippen molar-refractivity contribution in [3.8, 4) is 6.07 Å². The Hall–Kier alpha value is -3.81. The van der Waals surface area contributed by atoms with Crippen molar-refractivity contribution < 1.29 is 4.79 Å². The Morgan fingerprint density at radius 3 is 2.53 bits per heavy atom. The molecule has 0 spiro atoms. The summed E-state index contributed by atoms with van der Waals surface area (Å²) >= 11 is 6.01. The zero-order valence-corrected chi connectivity index (χ0v) is 18.6. The number of halogens is 1. The van der Waals surface area contributed by atoms with E-state index in [9.17, 15) is 10.1 Å². The molecule has 0 aliphatic heterocycles. The van der Waals surface area contributed by atoms with Crippen LogP contribution in [0.25, 0.3) is 17.0 Å². The molecule has 1 heterocycles. The van der Waals surface area contributed by atoms with Gasteiger partial charge in [-0.1, -0.05) is 48.0 Å². The maximum atomic E-state index is 12.8. The van der Waals surface area contributed by atoms with E-state index in [1.807, 2.05) is 86.8 Å². The first kappa shape index (κ1) is 21.4. The molecule has 1 aromatic heterocycles. The molecule has 0 bridgehead atoms. The van der Waals surface area contributed by atoms with E-state index in [1.54, 1.807) is 6.08 Å². The Morgan fingerprint density at radius 2 is 1.81 bits per heavy atom. The molecule has 158 valence electrons. The van der Waals surface area contributed by atoms with Gasteiger partial charge in [0.1, 0.15) is 11.6 Å². The van der Waals surface area contributed by atoms with E-state index < -0.39 is 5.91 Å². The summed E-state index contributed by atoms with van der Waals surface area (Å²) in [6.07, 6.45) is 3.62. The van der Waals surface area contributed by atoms with Crippen molar-refractivity contribution in [1.82, 2.24) is 4.57 Å². The van der Waals surface area contributed by atoms with E-state index in [0.717, 1.165) is 33.2 Å². The van der Waals surface area contributed by atoms with Crippen LogP contribution in [-0.2, 0) is 11.3 Å². The number of carbonyl (C=O) groups is 1. The molecular weight excluding hydrogens is 418 g/mol. The van der Waals surface area contributed by atoms with Crippen molar-refractivity contribution in [1.29, 1.82) is 5.26 Å². The fraction of sp³-hybridized carbons (Fsp3) is 0.111. The van der Waals surface area contributed by atoms with Gasteiger partial charge in [-0.25, -0.2) is 0 Å². The van der Waals surface area contributed by atoms with E-state index in [-0.39, 0.29) is 5.57 Å². The van der Waals surface area contributed by atoms with Crippen LogP contribution in [0.2, 0.25) is 5.02 Å². The van der Waals surface area contributed by atoms with Crippen molar-refractivity contribution in [3.63, 3.8) is 0 Å². The van der Waals surface area contributed by atoms with Crippen molar-refractivity contribution in [2.45, 2.75) is 20.4 Å². The molecule has 0 saturated heterocycles. The van der Waals surface area contributed by atoms with Crippen LogP contribution in [0, 0.1) is 25.2 Å². The molecular formula is C27H22ClN3O. The van der Waals surface area contributed by atoms with Crippen LogP contribution < -0.4 is 5.32 Å². The maximum Gasteiger partial charge on any atom is 0.266 e. The summed E-state index contributed by atoms with van der Waals surface area (Å²) in [6, 6.07) is 23.4. The van der Waals surface area contributed by atoms with Gasteiger partial charge < -0.3 is 9.88 Å². The van der Waals surface area contributed by atoms with Crippen LogP contribution in [0.15, 0.2) is 78.5 Å². The first-order valence-corrected chi connectivity index (χ1v) is 10.6. The van der Waals surface area contributed by atoms with Gasteiger partial charge in [0.25, 0.3) is 5.91 Å². The second-order valence-corrected chi connectivity index (χ2v) is 8.22. The number of fused-ring (bicyclic) bond motifs is 1. The summed E-state index contributed by atoms with van der Waals surface area (Å²) in [4.78, 5) is 12.8. The fourth-order valence-electron chi connectivity index (χ4n) is 3.63. The SMILES string of the molecule is Cc1ccc(NC(=O)/C(C#N)=C\c2cn(Cc3ccc(Cl)cc3)c3ccccc23)cc1C. The molecule has 3 aromatic carbocycles. The van der Waals surface area contributed by atoms with E-state index in [0.29, 0.717) is 17.3 Å². The highest BCUT2D eigenvalue weighted by molar-refractivity contribution is 6.30. The van der Waals surface area contributed by atoms with E-state index in [1.165, 1.54) is 0 Å². The largest absolute Gasteiger partial charge is 0.342 e. The van der Waals surface area contributed by atoms with Gasteiger partial charge in [-0.05, 0) is 66.9 Å². The summed E-state index contributed by atoms with van der Waals surface area (Å²) in [6.45, 7) is 4.66. The Kier molecular flexibility index (Phi) is 6.11. The Labute approximate surface area is 192 Å². The molecule has 0 fully saturated rings. The van der Waals surface area contributed by atoms with Gasteiger partial charge in [-0.15, -0.1) is 0 Å². The second kappa shape index (κ2) is 9.13. The fourth-order valence-corrected chi connectivity index (χ4v) is 3.76. The predicted molar refractivity (Wildman–Crippen MR) is 131 cm³/mol. The molecule has 0 aliphatic carbocycles. The lowest BCUT2D eigenvalue weighted by atomic mass is 10.1. The Bertz CT molecular complexity index is 1370. The number of amides is 1. The number of nitrogens with one attached hydrogen (secondary N) is 1. The summed E-state index contributed by atoms with van der Waals surface area (Å²) in [5.74, 6) is -0.426. The minimum atomic E-state index is -0.426. The molecule has 4 rings (SSSR count). The third-order valence-electron chi connectivity index (χ3n) is 5.52. The molecule has 1 amide bonds. The van der Waals surface area contributed by atoms with Gasteiger partial charge in [0.15, 0.2) is 0 Å². The highest BCUT2D eigenvalue weighted by Gasteiger charge is 2.13. The third-order valence-corrected chi connectivity index (χ3v) is 5.77. The second-order valence-electron chi connectivity index (χ2n) is 7.78. The third kappa shape index (κ3) is 4.59. The minimum Gasteiger partial charge on any atom is -0.342 e. The molecule has 1 N–H and O–H groups in total. The molecule has 0 unspecified atom stereocenters. The van der Waals surface area contributed by atoms with Gasteiger partial charge in [0, 0.05) is 39.9 Å². The number of hydrogen-bond acceptors (Lipinski definition) is 2. The lowest BCUT2D eigenvalue weighted by molar-refractivity contribution is -0.112. The number of para-hydroxylation sites is 1. The normalized spacial score (nSPS) is 11.4. The van der Waals surface area contributed by atoms with Gasteiger partial charge >= 0.3 is 0 Å². The Morgan fingerprint density at radius 1 is 1.06 bits per heavy atom. The van der Waals surface area contributed by atoms with Crippen LogP contribution in [-0.4, -0.2) is 10.5 Å². The number of benzene rings is 3. The molecule has 0 aliphatic rings. The van der Waals surface area contributed by atoms with Crippen LogP contribution in [0.3, 0.4) is 0 Å². The lowest BCUT2D eigenvalue weighted by Gasteiger charge is -2.07. The number of rotatable bonds is 5. The number of hydrogen-bond donors (Lipinski definition) is 1. The Balaban J connectivity index is 1.66. The summed E-state index contributed by atoms with van der Waals surface area (Å²) in [5.41, 5.74) is 5.91. The quantitative estimate of drug-likeness (QED) is 0.285.